The van der Waals surface area contributed by atoms with Crippen LogP contribution in [0.1, 0.15) is 61.6 Å². The van der Waals surface area contributed by atoms with E-state index in [0.717, 1.165) is 39.5 Å². The number of fused-ring (bicyclic) bond motifs is 2. The molecular formula is C32H35BrFN5O3. The summed E-state index contributed by atoms with van der Waals surface area (Å²) in [5.74, 6) is 0.396. The molecule has 2 amide bonds. The zero-order valence-corrected chi connectivity index (χ0v) is 25.3. The van der Waals surface area contributed by atoms with E-state index in [1.54, 1.807) is 18.2 Å². The molecule has 8 nitrogen and oxygen atoms in total. The van der Waals surface area contributed by atoms with Gasteiger partial charge in [-0.2, -0.15) is 5.10 Å². The summed E-state index contributed by atoms with van der Waals surface area (Å²) in [7, 11) is 0. The number of para-hydroxylation sites is 1. The molecule has 2 aromatic heterocycles. The molecule has 4 aromatic rings. The van der Waals surface area contributed by atoms with Crippen molar-refractivity contribution in [1.82, 2.24) is 25.0 Å². The van der Waals surface area contributed by atoms with Gasteiger partial charge in [-0.1, -0.05) is 19.1 Å². The van der Waals surface area contributed by atoms with Crippen molar-refractivity contribution in [2.24, 2.45) is 11.8 Å². The number of carbonyl (C=O) groups is 2. The number of aromatic amines is 2. The summed E-state index contributed by atoms with van der Waals surface area (Å²) >= 11 is 3.67. The molecule has 2 aromatic carbocycles. The monoisotopic (exact) mass is 635 g/mol. The van der Waals surface area contributed by atoms with Gasteiger partial charge in [-0.25, -0.2) is 4.39 Å². The van der Waals surface area contributed by atoms with Gasteiger partial charge in [0.05, 0.1) is 17.2 Å². The number of H-pyrrole nitrogens is 2. The highest BCUT2D eigenvalue weighted by Crippen LogP contribution is 2.34. The van der Waals surface area contributed by atoms with Gasteiger partial charge in [0.25, 0.3) is 5.56 Å². The molecular weight excluding hydrogens is 601 g/mol. The zero-order chi connectivity index (χ0) is 29.4. The smallest absolute Gasteiger partial charge is 0.251 e. The quantitative estimate of drug-likeness (QED) is 0.220. The minimum absolute atomic E-state index is 0.0286. The largest absolute Gasteiger partial charge is 0.343 e. The van der Waals surface area contributed by atoms with Crippen molar-refractivity contribution < 1.29 is 14.0 Å². The van der Waals surface area contributed by atoms with Crippen LogP contribution < -0.4 is 5.56 Å². The second-order valence-electron chi connectivity index (χ2n) is 12.1. The van der Waals surface area contributed by atoms with Crippen LogP contribution in [0.5, 0.6) is 0 Å². The molecule has 6 rings (SSSR count). The Bertz CT molecular complexity index is 1690. The molecule has 1 aliphatic heterocycles. The third-order valence-electron chi connectivity index (χ3n) is 8.83. The molecule has 1 saturated carbocycles. The van der Waals surface area contributed by atoms with Crippen molar-refractivity contribution >= 4 is 50.1 Å². The number of hydrogen-bond acceptors (Lipinski definition) is 4. The minimum Gasteiger partial charge on any atom is -0.343 e. The van der Waals surface area contributed by atoms with E-state index < -0.39 is 5.82 Å². The first-order chi connectivity index (χ1) is 20.3. The SMILES string of the molecule is C[C@H](CC(=O)N1CCC(c2cc3cccc(F)c3[nH]c2=O)CC1)Cc1cc(Br)c2[nH]ncc2c1CN(C=O)CC1CC1. The van der Waals surface area contributed by atoms with Gasteiger partial charge in [0.1, 0.15) is 5.82 Å². The van der Waals surface area contributed by atoms with Gasteiger partial charge >= 0.3 is 0 Å². The van der Waals surface area contributed by atoms with Crippen molar-refractivity contribution in [2.45, 2.75) is 57.9 Å². The highest BCUT2D eigenvalue weighted by atomic mass is 79.9. The number of hydrogen-bond donors (Lipinski definition) is 2. The Morgan fingerprint density at radius 3 is 2.74 bits per heavy atom. The molecule has 42 heavy (non-hydrogen) atoms. The predicted octanol–water partition coefficient (Wildman–Crippen LogP) is 5.65. The molecule has 2 fully saturated rings. The van der Waals surface area contributed by atoms with Crippen molar-refractivity contribution in [1.29, 1.82) is 0 Å². The molecule has 0 spiro atoms. The summed E-state index contributed by atoms with van der Waals surface area (Å²) in [4.78, 5) is 44.4. The Kier molecular flexibility index (Phi) is 8.16. The fourth-order valence-corrected chi connectivity index (χ4v) is 6.94. The Balaban J connectivity index is 1.11. The van der Waals surface area contributed by atoms with Gasteiger partial charge in [0.2, 0.25) is 12.3 Å². The van der Waals surface area contributed by atoms with E-state index in [4.69, 9.17) is 0 Å². The molecule has 0 bridgehead atoms. The number of carbonyl (C=O) groups excluding carboxylic acids is 2. The lowest BCUT2D eigenvalue weighted by Gasteiger charge is -2.32. The second-order valence-corrected chi connectivity index (χ2v) is 12.9. The number of nitrogens with zero attached hydrogens (tertiary/aromatic N) is 3. The molecule has 220 valence electrons. The third-order valence-corrected chi connectivity index (χ3v) is 9.45. The van der Waals surface area contributed by atoms with Gasteiger partial charge in [-0.05, 0) is 95.1 Å². The number of aromatic nitrogens is 3. The number of halogens is 2. The summed E-state index contributed by atoms with van der Waals surface area (Å²) < 4.78 is 15.0. The summed E-state index contributed by atoms with van der Waals surface area (Å²) in [5, 5.41) is 8.98. The van der Waals surface area contributed by atoms with Crippen LogP contribution in [0.3, 0.4) is 0 Å². The van der Waals surface area contributed by atoms with Gasteiger partial charge in [-0.15, -0.1) is 0 Å². The van der Waals surface area contributed by atoms with Gasteiger partial charge in [-0.3, -0.25) is 19.5 Å². The Labute approximate surface area is 251 Å². The topological polar surface area (TPSA) is 102 Å². The van der Waals surface area contributed by atoms with Crippen LogP contribution in [-0.4, -0.2) is 56.9 Å². The molecule has 1 aliphatic carbocycles. The van der Waals surface area contributed by atoms with Crippen LogP contribution in [0.15, 0.2) is 45.8 Å². The molecule has 0 radical (unpaired) electrons. The average Bonchev–Trinajstić information content (AvgIpc) is 3.65. The van der Waals surface area contributed by atoms with Gasteiger partial charge in [0.15, 0.2) is 0 Å². The van der Waals surface area contributed by atoms with Crippen LogP contribution in [0.25, 0.3) is 21.8 Å². The second kappa shape index (κ2) is 12.0. The van der Waals surface area contributed by atoms with E-state index in [1.165, 1.54) is 18.9 Å². The first kappa shape index (κ1) is 28.6. The number of benzene rings is 2. The normalized spacial score (nSPS) is 16.7. The fourth-order valence-electron chi connectivity index (χ4n) is 6.36. The lowest BCUT2D eigenvalue weighted by atomic mass is 9.88. The number of nitrogens with one attached hydrogen (secondary N) is 2. The number of pyridine rings is 1. The number of piperidine rings is 1. The van der Waals surface area contributed by atoms with Crippen molar-refractivity contribution in [3.05, 3.63) is 73.9 Å². The van der Waals surface area contributed by atoms with Crippen LogP contribution in [0.2, 0.25) is 0 Å². The molecule has 10 heteroatoms. The average molecular weight is 637 g/mol. The number of rotatable bonds is 10. The van der Waals surface area contributed by atoms with Gasteiger partial charge in [0, 0.05) is 53.4 Å². The van der Waals surface area contributed by atoms with Crippen molar-refractivity contribution in [3.8, 4) is 0 Å². The van der Waals surface area contributed by atoms with Crippen LogP contribution in [0.4, 0.5) is 4.39 Å². The first-order valence-electron chi connectivity index (χ1n) is 14.7. The summed E-state index contributed by atoms with van der Waals surface area (Å²) in [6, 6.07) is 8.67. The van der Waals surface area contributed by atoms with E-state index in [9.17, 15) is 18.8 Å². The van der Waals surface area contributed by atoms with E-state index in [2.05, 4.69) is 44.1 Å². The van der Waals surface area contributed by atoms with E-state index >= 15 is 0 Å². The van der Waals surface area contributed by atoms with Crippen molar-refractivity contribution in [3.63, 3.8) is 0 Å². The lowest BCUT2D eigenvalue weighted by molar-refractivity contribution is -0.133. The maximum atomic E-state index is 14.1. The molecule has 3 heterocycles. The zero-order valence-electron chi connectivity index (χ0n) is 23.7. The number of likely N-dealkylation sites (tertiary alicyclic amines) is 1. The lowest BCUT2D eigenvalue weighted by Crippen LogP contribution is -2.39. The van der Waals surface area contributed by atoms with E-state index in [0.29, 0.717) is 62.2 Å². The maximum Gasteiger partial charge on any atom is 0.251 e. The Morgan fingerprint density at radius 1 is 1.21 bits per heavy atom. The minimum atomic E-state index is -0.436. The van der Waals surface area contributed by atoms with E-state index in [-0.39, 0.29) is 28.8 Å². The fraction of sp³-hybridized carbons (Fsp3) is 0.438. The summed E-state index contributed by atoms with van der Waals surface area (Å²) in [6.45, 7) is 4.56. The molecule has 1 saturated heterocycles. The molecule has 2 N–H and O–H groups in total. The summed E-state index contributed by atoms with van der Waals surface area (Å²) in [6.07, 6.45) is 7.62. The predicted molar refractivity (Wildman–Crippen MR) is 164 cm³/mol. The van der Waals surface area contributed by atoms with Crippen molar-refractivity contribution in [2.75, 3.05) is 19.6 Å². The van der Waals surface area contributed by atoms with E-state index in [1.807, 2.05) is 16.0 Å². The van der Waals surface area contributed by atoms with Crippen LogP contribution in [0, 0.1) is 17.7 Å². The van der Waals surface area contributed by atoms with Gasteiger partial charge < -0.3 is 14.8 Å². The molecule has 2 aliphatic rings. The summed E-state index contributed by atoms with van der Waals surface area (Å²) in [5.41, 5.74) is 3.74. The first-order valence-corrected chi connectivity index (χ1v) is 15.5. The molecule has 1 atom stereocenters. The highest BCUT2D eigenvalue weighted by molar-refractivity contribution is 9.10. The third kappa shape index (κ3) is 6.00. The Hall–Kier alpha value is -3.53. The maximum absolute atomic E-state index is 14.1. The standard InChI is InChI=1S/C32H35BrFN5O3/c1-19(11-23-14-27(33)31-25(15-35-37-31)26(23)17-38(18-40)16-20-5-6-20)12-29(41)39-9-7-21(8-10-39)24-13-22-3-2-4-28(34)30(22)36-32(24)42/h2-4,13-15,18-21H,5-12,16-17H2,1H3,(H,35,37)(H,36,42)/t19-/m0/s1. The Morgan fingerprint density at radius 2 is 2.00 bits per heavy atom. The van der Waals surface area contributed by atoms with Crippen LogP contribution in [-0.2, 0) is 22.6 Å². The van der Waals surface area contributed by atoms with Crippen LogP contribution >= 0.6 is 15.9 Å². The molecule has 0 unspecified atom stereocenters. The highest BCUT2D eigenvalue weighted by Gasteiger charge is 2.28. The number of amides is 2.